The molecule has 1 unspecified atom stereocenters. The van der Waals surface area contributed by atoms with Crippen molar-refractivity contribution in [3.63, 3.8) is 0 Å². The number of furan rings is 1. The summed E-state index contributed by atoms with van der Waals surface area (Å²) in [7, 11) is 0. The molecule has 0 bridgehead atoms. The van der Waals surface area contributed by atoms with Gasteiger partial charge in [-0.05, 0) is 37.1 Å². The molecule has 128 valence electrons. The average molecular weight is 331 g/mol. The molecule has 1 N–H and O–H groups in total. The number of benzene rings is 1. The molecule has 1 atom stereocenters. The fourth-order valence-electron chi connectivity index (χ4n) is 3.09. The lowest BCUT2D eigenvalue weighted by Crippen LogP contribution is -2.50. The van der Waals surface area contributed by atoms with Crippen LogP contribution in [0.3, 0.4) is 0 Å². The maximum absolute atomic E-state index is 12.7. The van der Waals surface area contributed by atoms with E-state index >= 15 is 0 Å². The van der Waals surface area contributed by atoms with E-state index in [1.807, 2.05) is 26.0 Å². The largest absolute Gasteiger partial charge is 0.481 e. The Morgan fingerprint density at radius 1 is 1.29 bits per heavy atom. The van der Waals surface area contributed by atoms with Gasteiger partial charge in [-0.1, -0.05) is 0 Å². The Morgan fingerprint density at radius 3 is 2.79 bits per heavy atom. The Labute approximate surface area is 140 Å². The zero-order valence-electron chi connectivity index (χ0n) is 13.9. The van der Waals surface area contributed by atoms with Gasteiger partial charge in [0.2, 0.25) is 5.91 Å². The van der Waals surface area contributed by atoms with Gasteiger partial charge in [0.1, 0.15) is 5.58 Å². The molecule has 1 saturated heterocycles. The maximum Gasteiger partial charge on any atom is 0.305 e. The van der Waals surface area contributed by atoms with Gasteiger partial charge in [-0.2, -0.15) is 0 Å². The zero-order valence-corrected chi connectivity index (χ0v) is 13.9. The second-order valence-corrected chi connectivity index (χ2v) is 6.28. The van der Waals surface area contributed by atoms with Crippen molar-refractivity contribution >= 4 is 22.8 Å². The number of carbonyl (C=O) groups excluding carboxylic acids is 1. The molecular weight excluding hydrogens is 310 g/mol. The first-order chi connectivity index (χ1) is 11.5. The average Bonchev–Trinajstić information content (AvgIpc) is 2.90. The Morgan fingerprint density at radius 2 is 2.04 bits per heavy atom. The first kappa shape index (κ1) is 16.5. The number of rotatable bonds is 4. The highest BCUT2D eigenvalue weighted by Gasteiger charge is 2.29. The number of aliphatic carboxylic acids is 1. The van der Waals surface area contributed by atoms with Crippen LogP contribution in [0.4, 0.5) is 0 Å². The molecule has 1 aromatic carbocycles. The van der Waals surface area contributed by atoms with Crippen LogP contribution >= 0.6 is 0 Å². The summed E-state index contributed by atoms with van der Waals surface area (Å²) in [5.41, 5.74) is 3.89. The number of hydrogen-bond acceptors (Lipinski definition) is 4. The van der Waals surface area contributed by atoms with Crippen molar-refractivity contribution in [2.24, 2.45) is 0 Å². The SMILES string of the molecule is Cc1cc2occ(CC(=O)N3CCOCC3CC(=O)O)c2cc1C. The number of fused-ring (bicyclic) bond motifs is 1. The van der Waals surface area contributed by atoms with E-state index in [2.05, 4.69) is 0 Å². The number of morpholine rings is 1. The molecule has 0 radical (unpaired) electrons. The lowest BCUT2D eigenvalue weighted by atomic mass is 10.0. The zero-order chi connectivity index (χ0) is 17.3. The summed E-state index contributed by atoms with van der Waals surface area (Å²) in [6.07, 6.45) is 1.72. The van der Waals surface area contributed by atoms with Gasteiger partial charge >= 0.3 is 5.97 Å². The van der Waals surface area contributed by atoms with Crippen LogP contribution in [0, 0.1) is 13.8 Å². The normalized spacial score (nSPS) is 18.1. The Balaban J connectivity index is 1.81. The minimum Gasteiger partial charge on any atom is -0.481 e. The monoisotopic (exact) mass is 331 g/mol. The smallest absolute Gasteiger partial charge is 0.305 e. The maximum atomic E-state index is 12.7. The van der Waals surface area contributed by atoms with E-state index in [4.69, 9.17) is 14.3 Å². The van der Waals surface area contributed by atoms with E-state index in [1.54, 1.807) is 11.2 Å². The standard InChI is InChI=1S/C18H21NO5/c1-11-5-15-13(9-24-16(15)6-12(11)2)7-17(20)19-3-4-23-10-14(19)8-18(21)22/h5-6,9,14H,3-4,7-8,10H2,1-2H3,(H,21,22). The minimum atomic E-state index is -0.928. The summed E-state index contributed by atoms with van der Waals surface area (Å²) in [4.78, 5) is 25.3. The predicted octanol–water partition coefficient (Wildman–Crippen LogP) is 2.29. The van der Waals surface area contributed by atoms with Crippen LogP contribution in [-0.2, 0) is 20.7 Å². The molecule has 0 saturated carbocycles. The van der Waals surface area contributed by atoms with E-state index in [0.29, 0.717) is 13.2 Å². The van der Waals surface area contributed by atoms with E-state index in [9.17, 15) is 9.59 Å². The quantitative estimate of drug-likeness (QED) is 0.930. The molecule has 6 nitrogen and oxygen atoms in total. The predicted molar refractivity (Wildman–Crippen MR) is 88.0 cm³/mol. The third-order valence-electron chi connectivity index (χ3n) is 4.57. The lowest BCUT2D eigenvalue weighted by Gasteiger charge is -2.34. The van der Waals surface area contributed by atoms with E-state index in [0.717, 1.165) is 27.7 Å². The first-order valence-corrected chi connectivity index (χ1v) is 8.02. The summed E-state index contributed by atoms with van der Waals surface area (Å²) < 4.78 is 10.9. The van der Waals surface area contributed by atoms with E-state index in [-0.39, 0.29) is 25.4 Å². The lowest BCUT2D eigenvalue weighted by molar-refractivity contribution is -0.145. The number of hydrogen-bond donors (Lipinski definition) is 1. The molecule has 0 spiro atoms. The highest BCUT2D eigenvalue weighted by Crippen LogP contribution is 2.26. The second kappa shape index (κ2) is 6.65. The van der Waals surface area contributed by atoms with E-state index < -0.39 is 12.0 Å². The molecule has 1 aliphatic heterocycles. The number of carboxylic acid groups (broad SMARTS) is 1. The van der Waals surface area contributed by atoms with Gasteiger partial charge < -0.3 is 19.2 Å². The second-order valence-electron chi connectivity index (χ2n) is 6.28. The highest BCUT2D eigenvalue weighted by molar-refractivity contribution is 5.88. The number of amides is 1. The van der Waals surface area contributed by atoms with Crippen molar-refractivity contribution in [3.8, 4) is 0 Å². The minimum absolute atomic E-state index is 0.0921. The van der Waals surface area contributed by atoms with Crippen LogP contribution in [0.1, 0.15) is 23.1 Å². The third kappa shape index (κ3) is 3.28. The van der Waals surface area contributed by atoms with Gasteiger partial charge in [0.15, 0.2) is 0 Å². The number of ether oxygens (including phenoxy) is 1. The van der Waals surface area contributed by atoms with E-state index in [1.165, 1.54) is 0 Å². The van der Waals surface area contributed by atoms with Crippen LogP contribution < -0.4 is 0 Å². The number of carboxylic acids is 1. The fourth-order valence-corrected chi connectivity index (χ4v) is 3.09. The van der Waals surface area contributed by atoms with Gasteiger partial charge in [0, 0.05) is 17.5 Å². The number of nitrogens with zero attached hydrogens (tertiary/aromatic N) is 1. The molecule has 0 aliphatic carbocycles. The molecule has 2 aromatic rings. The molecule has 1 aliphatic rings. The van der Waals surface area contributed by atoms with Crippen molar-refractivity contribution in [2.75, 3.05) is 19.8 Å². The molecule has 1 amide bonds. The van der Waals surface area contributed by atoms with Crippen molar-refractivity contribution in [3.05, 3.63) is 35.1 Å². The molecule has 1 aromatic heterocycles. The highest BCUT2D eigenvalue weighted by atomic mass is 16.5. The molecule has 1 fully saturated rings. The van der Waals surface area contributed by atoms with Gasteiger partial charge in [-0.25, -0.2) is 0 Å². The van der Waals surface area contributed by atoms with Gasteiger partial charge in [0.05, 0.1) is 38.4 Å². The molecule has 24 heavy (non-hydrogen) atoms. The Hall–Kier alpha value is -2.34. The molecule has 3 rings (SSSR count). The summed E-state index contributed by atoms with van der Waals surface area (Å²) in [6, 6.07) is 3.59. The Kier molecular flexibility index (Phi) is 4.57. The van der Waals surface area contributed by atoms with Crippen molar-refractivity contribution in [1.29, 1.82) is 0 Å². The van der Waals surface area contributed by atoms with Crippen molar-refractivity contribution in [1.82, 2.24) is 4.90 Å². The van der Waals surface area contributed by atoms with Gasteiger partial charge in [0.25, 0.3) is 0 Å². The van der Waals surface area contributed by atoms with Crippen LogP contribution in [0.15, 0.2) is 22.8 Å². The topological polar surface area (TPSA) is 80.0 Å². The fraction of sp³-hybridized carbons (Fsp3) is 0.444. The van der Waals surface area contributed by atoms with Crippen LogP contribution in [0.5, 0.6) is 0 Å². The number of aryl methyl sites for hydroxylation is 2. The van der Waals surface area contributed by atoms with Crippen molar-refractivity contribution < 1.29 is 23.8 Å². The number of carbonyl (C=O) groups is 2. The van der Waals surface area contributed by atoms with Gasteiger partial charge in [-0.3, -0.25) is 9.59 Å². The van der Waals surface area contributed by atoms with Crippen LogP contribution in [0.25, 0.3) is 11.0 Å². The summed E-state index contributed by atoms with van der Waals surface area (Å²) >= 11 is 0. The molecule has 6 heteroatoms. The Bertz CT molecular complexity index is 779. The molecule has 2 heterocycles. The van der Waals surface area contributed by atoms with Gasteiger partial charge in [-0.15, -0.1) is 0 Å². The molecular formula is C18H21NO5. The first-order valence-electron chi connectivity index (χ1n) is 8.02. The summed E-state index contributed by atoms with van der Waals surface area (Å²) in [5.74, 6) is -1.02. The summed E-state index contributed by atoms with van der Waals surface area (Å²) in [5, 5.41) is 9.95. The van der Waals surface area contributed by atoms with Crippen LogP contribution in [0.2, 0.25) is 0 Å². The summed E-state index contributed by atoms with van der Waals surface area (Å²) in [6.45, 7) is 5.17. The van der Waals surface area contributed by atoms with Crippen LogP contribution in [-0.4, -0.2) is 47.7 Å². The van der Waals surface area contributed by atoms with Crippen molar-refractivity contribution in [2.45, 2.75) is 32.7 Å². The third-order valence-corrected chi connectivity index (χ3v) is 4.57.